The molecule has 0 radical (unpaired) electrons. The van der Waals surface area contributed by atoms with Crippen LogP contribution in [0, 0.1) is 5.82 Å². The maximum atomic E-state index is 14.8. The van der Waals surface area contributed by atoms with Gasteiger partial charge in [0.1, 0.15) is 17.2 Å². The lowest BCUT2D eigenvalue weighted by molar-refractivity contribution is 0.0947. The van der Waals surface area contributed by atoms with Gasteiger partial charge in [0.15, 0.2) is 5.78 Å². The summed E-state index contributed by atoms with van der Waals surface area (Å²) in [6.07, 6.45) is 4.79. The summed E-state index contributed by atoms with van der Waals surface area (Å²) in [5, 5.41) is 7.17. The fourth-order valence-corrected chi connectivity index (χ4v) is 5.41. The fraction of sp³-hybridized carbons (Fsp3) is 0.250. The number of hydrogen-bond acceptors (Lipinski definition) is 6. The van der Waals surface area contributed by atoms with Crippen LogP contribution in [0.5, 0.6) is 0 Å². The van der Waals surface area contributed by atoms with Crippen LogP contribution in [0.25, 0.3) is 16.9 Å². The van der Waals surface area contributed by atoms with Crippen molar-refractivity contribution in [1.29, 1.82) is 0 Å². The Labute approximate surface area is 243 Å². The first-order chi connectivity index (χ1) is 20.4. The second-order valence-corrected chi connectivity index (χ2v) is 10.6. The van der Waals surface area contributed by atoms with Crippen molar-refractivity contribution in [3.8, 4) is 11.3 Å². The summed E-state index contributed by atoms with van der Waals surface area (Å²) in [6, 6.07) is 17.9. The third-order valence-electron chi connectivity index (χ3n) is 7.85. The number of halogens is 1. The van der Waals surface area contributed by atoms with Crippen molar-refractivity contribution in [2.75, 3.05) is 38.1 Å². The molecule has 2 aromatic carbocycles. The number of hydrogen-bond donors (Lipinski definition) is 1. The summed E-state index contributed by atoms with van der Waals surface area (Å²) >= 11 is 0. The Kier molecular flexibility index (Phi) is 7.54. The van der Waals surface area contributed by atoms with Gasteiger partial charge in [-0.1, -0.05) is 18.2 Å². The van der Waals surface area contributed by atoms with Crippen molar-refractivity contribution in [1.82, 2.24) is 29.4 Å². The van der Waals surface area contributed by atoms with Crippen LogP contribution in [-0.2, 0) is 20.0 Å². The molecule has 1 fully saturated rings. The Morgan fingerprint density at radius 2 is 1.76 bits per heavy atom. The molecule has 42 heavy (non-hydrogen) atoms. The predicted molar refractivity (Wildman–Crippen MR) is 159 cm³/mol. The normalized spacial score (nSPS) is 13.9. The monoisotopic (exact) mass is 565 g/mol. The molecule has 0 unspecified atom stereocenters. The van der Waals surface area contributed by atoms with Gasteiger partial charge in [-0.05, 0) is 60.6 Å². The zero-order valence-corrected chi connectivity index (χ0v) is 23.6. The molecule has 1 N–H and O–H groups in total. The van der Waals surface area contributed by atoms with E-state index in [-0.39, 0.29) is 23.7 Å². The van der Waals surface area contributed by atoms with Gasteiger partial charge in [0.05, 0.1) is 11.9 Å². The van der Waals surface area contributed by atoms with Gasteiger partial charge >= 0.3 is 0 Å². The van der Waals surface area contributed by atoms with E-state index in [0.717, 1.165) is 48.7 Å². The Hall–Kier alpha value is -4.83. The topological polar surface area (TPSA) is 87.8 Å². The second kappa shape index (κ2) is 11.6. The van der Waals surface area contributed by atoms with Gasteiger partial charge in [-0.25, -0.2) is 9.37 Å². The number of anilines is 1. The maximum Gasteiger partial charge on any atom is 0.251 e. The lowest BCUT2D eigenvalue weighted by atomic mass is 10.0. The Balaban J connectivity index is 1.15. The smallest absolute Gasteiger partial charge is 0.251 e. The highest BCUT2D eigenvalue weighted by molar-refractivity contribution is 5.98. The molecule has 9 nitrogen and oxygen atoms in total. The van der Waals surface area contributed by atoms with Gasteiger partial charge in [-0.15, -0.1) is 0 Å². The average Bonchev–Trinajstić information content (AvgIpc) is 3.63. The van der Waals surface area contributed by atoms with Crippen molar-refractivity contribution in [3.63, 3.8) is 0 Å². The number of carbonyl (C=O) groups is 2. The van der Waals surface area contributed by atoms with Gasteiger partial charge < -0.3 is 15.1 Å². The molecule has 0 atom stereocenters. The van der Waals surface area contributed by atoms with Crippen molar-refractivity contribution in [2.24, 2.45) is 7.05 Å². The Bertz CT molecular complexity index is 1770. The standard InChI is InChI=1S/C32H32FN7O2/c1-37-13-15-39(16-14-37)28-6-4-3-5-24(28)20-35-32(42)23-7-8-26(33)25(17-23)18-30(41)29-21-34-31-19-22(10-12-40(29)31)27-9-11-36-38(27)2/h3-12,17,19,21H,13-16,18,20H2,1-2H3,(H,35,42). The van der Waals surface area contributed by atoms with E-state index < -0.39 is 5.82 Å². The van der Waals surface area contributed by atoms with Gasteiger partial charge in [-0.2, -0.15) is 5.10 Å². The number of amides is 1. The summed E-state index contributed by atoms with van der Waals surface area (Å²) in [7, 11) is 3.97. The van der Waals surface area contributed by atoms with E-state index in [1.165, 1.54) is 24.4 Å². The first-order valence-electron chi connectivity index (χ1n) is 13.9. The minimum Gasteiger partial charge on any atom is -0.369 e. The maximum absolute atomic E-state index is 14.8. The predicted octanol–water partition coefficient (Wildman–Crippen LogP) is 3.98. The molecule has 0 bridgehead atoms. The first kappa shape index (κ1) is 27.3. The van der Waals surface area contributed by atoms with E-state index in [1.54, 1.807) is 21.5 Å². The second-order valence-electron chi connectivity index (χ2n) is 10.6. The number of nitrogens with zero attached hydrogens (tertiary/aromatic N) is 6. The number of likely N-dealkylation sites (N-methyl/N-ethyl adjacent to an activating group) is 1. The van der Waals surface area contributed by atoms with E-state index in [9.17, 15) is 14.0 Å². The number of aromatic nitrogens is 4. The quantitative estimate of drug-likeness (QED) is 0.287. The third kappa shape index (κ3) is 5.53. The van der Waals surface area contributed by atoms with Crippen molar-refractivity contribution in [2.45, 2.75) is 13.0 Å². The largest absolute Gasteiger partial charge is 0.369 e. The minimum atomic E-state index is -0.535. The molecular weight excluding hydrogens is 533 g/mol. The molecule has 3 aromatic heterocycles. The molecular formula is C32H32FN7O2. The van der Waals surface area contributed by atoms with E-state index in [0.29, 0.717) is 23.4 Å². The molecule has 6 rings (SSSR count). The van der Waals surface area contributed by atoms with Crippen LogP contribution in [0.15, 0.2) is 79.3 Å². The van der Waals surface area contributed by atoms with E-state index in [2.05, 4.69) is 38.3 Å². The average molecular weight is 566 g/mol. The summed E-state index contributed by atoms with van der Waals surface area (Å²) in [4.78, 5) is 35.4. The molecule has 4 heterocycles. The number of imidazole rings is 1. The molecule has 5 aromatic rings. The van der Waals surface area contributed by atoms with Gasteiger partial charge in [0.25, 0.3) is 5.91 Å². The van der Waals surface area contributed by atoms with Crippen molar-refractivity contribution < 1.29 is 14.0 Å². The molecule has 0 spiro atoms. The number of carbonyl (C=O) groups excluding carboxylic acids is 2. The van der Waals surface area contributed by atoms with Crippen LogP contribution in [0.4, 0.5) is 10.1 Å². The Morgan fingerprint density at radius 3 is 2.55 bits per heavy atom. The van der Waals surface area contributed by atoms with E-state index in [1.807, 2.05) is 43.4 Å². The van der Waals surface area contributed by atoms with Gasteiger partial charge in [0.2, 0.25) is 0 Å². The fourth-order valence-electron chi connectivity index (χ4n) is 5.41. The lowest BCUT2D eigenvalue weighted by Gasteiger charge is -2.35. The molecule has 10 heteroatoms. The molecule has 1 aliphatic rings. The number of para-hydroxylation sites is 1. The molecule has 0 aliphatic carbocycles. The summed E-state index contributed by atoms with van der Waals surface area (Å²) in [5.74, 6) is -1.16. The highest BCUT2D eigenvalue weighted by Crippen LogP contribution is 2.23. The summed E-state index contributed by atoms with van der Waals surface area (Å²) in [5.41, 5.74) is 5.38. The minimum absolute atomic E-state index is 0.159. The van der Waals surface area contributed by atoms with Crippen LogP contribution in [-0.4, -0.2) is 69.0 Å². The highest BCUT2D eigenvalue weighted by Gasteiger charge is 2.19. The summed E-state index contributed by atoms with van der Waals surface area (Å²) < 4.78 is 18.3. The molecule has 0 saturated carbocycles. The molecule has 1 saturated heterocycles. The lowest BCUT2D eigenvalue weighted by Crippen LogP contribution is -2.45. The highest BCUT2D eigenvalue weighted by atomic mass is 19.1. The van der Waals surface area contributed by atoms with Crippen LogP contribution in [0.1, 0.15) is 32.0 Å². The van der Waals surface area contributed by atoms with Gasteiger partial charge in [0, 0.05) is 75.4 Å². The number of fused-ring (bicyclic) bond motifs is 1. The van der Waals surface area contributed by atoms with Gasteiger partial charge in [-0.3, -0.25) is 18.7 Å². The number of Topliss-reactive ketones (excluding diaryl/α,β-unsaturated/α-hetero) is 1. The Morgan fingerprint density at radius 1 is 0.952 bits per heavy atom. The zero-order chi connectivity index (χ0) is 29.2. The van der Waals surface area contributed by atoms with Crippen LogP contribution < -0.4 is 10.2 Å². The van der Waals surface area contributed by atoms with Crippen LogP contribution >= 0.6 is 0 Å². The number of piperazine rings is 1. The van der Waals surface area contributed by atoms with E-state index in [4.69, 9.17) is 0 Å². The van der Waals surface area contributed by atoms with Crippen LogP contribution in [0.3, 0.4) is 0 Å². The van der Waals surface area contributed by atoms with Crippen molar-refractivity contribution >= 4 is 23.0 Å². The van der Waals surface area contributed by atoms with E-state index >= 15 is 0 Å². The molecule has 214 valence electrons. The number of aryl methyl sites for hydroxylation is 1. The number of ketones is 1. The number of pyridine rings is 1. The molecule has 1 amide bonds. The van der Waals surface area contributed by atoms with Crippen molar-refractivity contribution in [3.05, 3.63) is 107 Å². The summed E-state index contributed by atoms with van der Waals surface area (Å²) in [6.45, 7) is 4.16. The number of benzene rings is 2. The zero-order valence-electron chi connectivity index (χ0n) is 23.6. The SMILES string of the molecule is CN1CCN(c2ccccc2CNC(=O)c2ccc(F)c(CC(=O)c3cnc4cc(-c5ccnn5C)ccn34)c2)CC1. The first-order valence-corrected chi connectivity index (χ1v) is 13.9. The number of rotatable bonds is 8. The third-order valence-corrected chi connectivity index (χ3v) is 7.85. The number of nitrogens with one attached hydrogen (secondary N) is 1. The van der Waals surface area contributed by atoms with Crippen LogP contribution in [0.2, 0.25) is 0 Å². The molecule has 1 aliphatic heterocycles.